The smallest absolute Gasteiger partial charge is 0.0710 e. The number of rotatable bonds is 7. The van der Waals surface area contributed by atoms with E-state index in [-0.39, 0.29) is 6.10 Å². The van der Waals surface area contributed by atoms with E-state index >= 15 is 0 Å². The van der Waals surface area contributed by atoms with E-state index in [1.807, 2.05) is 19.1 Å². The van der Waals surface area contributed by atoms with Gasteiger partial charge in [-0.15, -0.1) is 0 Å². The number of aliphatic hydroxyl groups excluding tert-OH is 1. The van der Waals surface area contributed by atoms with E-state index in [1.54, 1.807) is 0 Å². The van der Waals surface area contributed by atoms with Crippen LogP contribution in [0.5, 0.6) is 0 Å². The van der Waals surface area contributed by atoms with Crippen LogP contribution in [0.25, 0.3) is 0 Å². The van der Waals surface area contributed by atoms with Gasteiger partial charge in [-0.2, -0.15) is 0 Å². The van der Waals surface area contributed by atoms with Crippen LogP contribution in [0.4, 0.5) is 0 Å². The van der Waals surface area contributed by atoms with Gasteiger partial charge in [-0.3, -0.25) is 4.90 Å². The van der Waals surface area contributed by atoms with Crippen molar-refractivity contribution >= 4 is 0 Å². The maximum Gasteiger partial charge on any atom is 0.0710 e. The average molecular weight is 318 g/mol. The first-order valence-electron chi connectivity index (χ1n) is 9.57. The van der Waals surface area contributed by atoms with Crippen molar-refractivity contribution < 1.29 is 5.11 Å². The highest BCUT2D eigenvalue weighted by Crippen LogP contribution is 2.34. The zero-order valence-electron chi connectivity index (χ0n) is 15.0. The van der Waals surface area contributed by atoms with Crippen LogP contribution in [-0.2, 0) is 0 Å². The minimum Gasteiger partial charge on any atom is -0.391 e. The van der Waals surface area contributed by atoms with Crippen LogP contribution in [0.15, 0.2) is 36.5 Å². The predicted molar refractivity (Wildman–Crippen MR) is 99.5 cm³/mol. The molecule has 0 spiro atoms. The van der Waals surface area contributed by atoms with Crippen LogP contribution in [0, 0.1) is 5.92 Å². The van der Waals surface area contributed by atoms with Gasteiger partial charge in [0.1, 0.15) is 0 Å². The summed E-state index contributed by atoms with van der Waals surface area (Å²) in [6.45, 7) is 2.03. The second-order valence-corrected chi connectivity index (χ2v) is 7.35. The lowest BCUT2D eigenvalue weighted by Crippen LogP contribution is -2.37. The third-order valence-corrected chi connectivity index (χ3v) is 5.68. The standard InChI is InChI=1S/C21H35NO/c1-3-4-5-6-7-8-12-15-19-17-21(23)20(22(19)2)16-18-13-10-9-11-14-18/h3-8,18-21,23H,9-17H2,1-2H3. The monoisotopic (exact) mass is 317 g/mol. The zero-order chi connectivity index (χ0) is 16.5. The molecule has 1 aliphatic heterocycles. The number of likely N-dealkylation sites (N-methyl/N-ethyl adjacent to an activating group) is 1. The van der Waals surface area contributed by atoms with Gasteiger partial charge in [0.25, 0.3) is 0 Å². The number of allylic oxidation sites excluding steroid dienone is 6. The molecule has 3 atom stereocenters. The van der Waals surface area contributed by atoms with Gasteiger partial charge in [-0.05, 0) is 45.6 Å². The molecule has 3 unspecified atom stereocenters. The molecule has 2 aliphatic rings. The van der Waals surface area contributed by atoms with Crippen molar-refractivity contribution in [3.63, 3.8) is 0 Å². The summed E-state index contributed by atoms with van der Waals surface area (Å²) in [4.78, 5) is 2.47. The van der Waals surface area contributed by atoms with Gasteiger partial charge in [-0.1, -0.05) is 68.6 Å². The van der Waals surface area contributed by atoms with Crippen molar-refractivity contribution in [2.45, 2.75) is 82.9 Å². The SMILES string of the molecule is CC=CC=CC=CCCC1CC(O)C(CC2CCCCC2)N1C. The Labute approximate surface area is 143 Å². The largest absolute Gasteiger partial charge is 0.391 e. The molecule has 0 radical (unpaired) electrons. The average Bonchev–Trinajstić information content (AvgIpc) is 2.83. The molecule has 1 heterocycles. The second-order valence-electron chi connectivity index (χ2n) is 7.35. The molecule has 2 nitrogen and oxygen atoms in total. The topological polar surface area (TPSA) is 23.5 Å². The summed E-state index contributed by atoms with van der Waals surface area (Å²) in [5.74, 6) is 0.848. The molecule has 1 aliphatic carbocycles. The molecular weight excluding hydrogens is 282 g/mol. The molecule has 0 aromatic carbocycles. The maximum absolute atomic E-state index is 10.5. The molecule has 1 saturated carbocycles. The van der Waals surface area contributed by atoms with Crippen molar-refractivity contribution in [2.75, 3.05) is 7.05 Å². The van der Waals surface area contributed by atoms with Gasteiger partial charge >= 0.3 is 0 Å². The van der Waals surface area contributed by atoms with E-state index in [1.165, 1.54) is 38.5 Å². The quantitative estimate of drug-likeness (QED) is 0.678. The zero-order valence-corrected chi connectivity index (χ0v) is 15.0. The molecule has 0 aromatic heterocycles. The minimum atomic E-state index is -0.120. The Morgan fingerprint density at radius 3 is 2.52 bits per heavy atom. The van der Waals surface area contributed by atoms with Crippen LogP contribution >= 0.6 is 0 Å². The highest BCUT2D eigenvalue weighted by Gasteiger charge is 2.38. The highest BCUT2D eigenvalue weighted by molar-refractivity contribution is 5.10. The summed E-state index contributed by atoms with van der Waals surface area (Å²) in [6.07, 6.45) is 23.8. The number of nitrogens with zero attached hydrogens (tertiary/aromatic N) is 1. The molecule has 0 bridgehead atoms. The lowest BCUT2D eigenvalue weighted by molar-refractivity contribution is 0.0989. The van der Waals surface area contributed by atoms with Crippen molar-refractivity contribution in [1.29, 1.82) is 0 Å². The van der Waals surface area contributed by atoms with Crippen LogP contribution < -0.4 is 0 Å². The summed E-state index contributed by atoms with van der Waals surface area (Å²) in [5, 5.41) is 10.5. The molecule has 2 heteroatoms. The second kappa shape index (κ2) is 10.1. The Balaban J connectivity index is 1.74. The summed E-state index contributed by atoms with van der Waals surface area (Å²) < 4.78 is 0. The van der Waals surface area contributed by atoms with E-state index in [4.69, 9.17) is 0 Å². The number of aliphatic hydroxyl groups is 1. The first kappa shape index (κ1) is 18.5. The van der Waals surface area contributed by atoms with E-state index in [0.29, 0.717) is 12.1 Å². The van der Waals surface area contributed by atoms with Crippen molar-refractivity contribution in [1.82, 2.24) is 4.90 Å². The lowest BCUT2D eigenvalue weighted by Gasteiger charge is -2.31. The Morgan fingerprint density at radius 1 is 1.04 bits per heavy atom. The molecule has 23 heavy (non-hydrogen) atoms. The van der Waals surface area contributed by atoms with Crippen LogP contribution in [0.2, 0.25) is 0 Å². The lowest BCUT2D eigenvalue weighted by atomic mass is 9.84. The van der Waals surface area contributed by atoms with Crippen molar-refractivity contribution in [2.24, 2.45) is 5.92 Å². The fourth-order valence-corrected chi connectivity index (χ4v) is 4.26. The predicted octanol–water partition coefficient (Wildman–Crippen LogP) is 4.86. The number of hydrogen-bond acceptors (Lipinski definition) is 2. The number of likely N-dealkylation sites (tertiary alicyclic amines) is 1. The summed E-state index contributed by atoms with van der Waals surface area (Å²) >= 11 is 0. The van der Waals surface area contributed by atoms with Gasteiger partial charge in [-0.25, -0.2) is 0 Å². The molecule has 130 valence electrons. The Bertz CT molecular complexity index is 406. The molecule has 1 saturated heterocycles. The Morgan fingerprint density at radius 2 is 1.78 bits per heavy atom. The van der Waals surface area contributed by atoms with Gasteiger partial charge in [0, 0.05) is 12.1 Å². The molecule has 0 amide bonds. The van der Waals surface area contributed by atoms with E-state index < -0.39 is 0 Å². The first-order valence-corrected chi connectivity index (χ1v) is 9.57. The van der Waals surface area contributed by atoms with E-state index in [0.717, 1.165) is 25.2 Å². The van der Waals surface area contributed by atoms with Crippen molar-refractivity contribution in [3.05, 3.63) is 36.5 Å². The minimum absolute atomic E-state index is 0.120. The normalized spacial score (nSPS) is 31.2. The van der Waals surface area contributed by atoms with Gasteiger partial charge < -0.3 is 5.11 Å². The van der Waals surface area contributed by atoms with Gasteiger partial charge in [0.05, 0.1) is 6.10 Å². The number of hydrogen-bond donors (Lipinski definition) is 1. The van der Waals surface area contributed by atoms with Crippen LogP contribution in [-0.4, -0.2) is 35.2 Å². The maximum atomic E-state index is 10.5. The van der Waals surface area contributed by atoms with Gasteiger partial charge in [0.15, 0.2) is 0 Å². The molecular formula is C21H35NO. The highest BCUT2D eigenvalue weighted by atomic mass is 16.3. The third-order valence-electron chi connectivity index (χ3n) is 5.68. The van der Waals surface area contributed by atoms with Crippen molar-refractivity contribution in [3.8, 4) is 0 Å². The van der Waals surface area contributed by atoms with E-state index in [9.17, 15) is 5.11 Å². The molecule has 1 N–H and O–H groups in total. The van der Waals surface area contributed by atoms with Crippen LogP contribution in [0.1, 0.15) is 64.7 Å². The molecule has 2 fully saturated rings. The van der Waals surface area contributed by atoms with Gasteiger partial charge in [0.2, 0.25) is 0 Å². The molecule has 0 aromatic rings. The fourth-order valence-electron chi connectivity index (χ4n) is 4.26. The Hall–Kier alpha value is -0.860. The fraction of sp³-hybridized carbons (Fsp3) is 0.714. The summed E-state index contributed by atoms with van der Waals surface area (Å²) in [5.41, 5.74) is 0. The third kappa shape index (κ3) is 5.93. The Kier molecular flexibility index (Phi) is 8.11. The summed E-state index contributed by atoms with van der Waals surface area (Å²) in [6, 6.07) is 0.935. The summed E-state index contributed by atoms with van der Waals surface area (Å²) in [7, 11) is 2.23. The first-order chi connectivity index (χ1) is 11.2. The van der Waals surface area contributed by atoms with E-state index in [2.05, 4.69) is 36.3 Å². The molecule has 2 rings (SSSR count). The van der Waals surface area contributed by atoms with Crippen LogP contribution in [0.3, 0.4) is 0 Å².